The second-order valence-corrected chi connectivity index (χ2v) is 13.3. The van der Waals surface area contributed by atoms with E-state index < -0.39 is 11.3 Å². The molecular weight excluding hydrogens is 604 g/mol. The van der Waals surface area contributed by atoms with Crippen LogP contribution in [0.4, 0.5) is 15.3 Å². The maximum atomic E-state index is 13.6. The zero-order chi connectivity index (χ0) is 33.1. The monoisotopic (exact) mass is 652 g/mol. The number of thioether (sulfide) groups is 1. The lowest BCUT2D eigenvalue weighted by atomic mass is 9.96. The third-order valence-electron chi connectivity index (χ3n) is 8.31. The van der Waals surface area contributed by atoms with Crippen molar-refractivity contribution in [2.45, 2.75) is 76.4 Å². The molecule has 0 N–H and O–H groups in total. The molecule has 1 atom stereocenters. The van der Waals surface area contributed by atoms with Crippen LogP contribution in [-0.4, -0.2) is 86.1 Å². The van der Waals surface area contributed by atoms with Gasteiger partial charge in [0.25, 0.3) is 5.91 Å². The number of aryl methyl sites for hydroxylation is 1. The normalized spacial score (nSPS) is 16.3. The van der Waals surface area contributed by atoms with E-state index in [-0.39, 0.29) is 17.8 Å². The molecule has 2 aliphatic heterocycles. The van der Waals surface area contributed by atoms with Gasteiger partial charge in [-0.15, -0.1) is 5.01 Å². The van der Waals surface area contributed by atoms with Gasteiger partial charge in [-0.2, -0.15) is 5.10 Å². The molecule has 0 fully saturated rings. The van der Waals surface area contributed by atoms with E-state index >= 15 is 0 Å². The van der Waals surface area contributed by atoms with E-state index in [9.17, 15) is 14.4 Å². The number of fused-ring (bicyclic) bond motifs is 1. The maximum Gasteiger partial charge on any atom is 0.438 e. The molecule has 2 aromatic carbocycles. The SMILES string of the molecule is COc1ccc(C(=O)N2CCCc3cc(C4=NN(C(=O)OCCCCCCCCCCN(C)C)C(=O)SC4C)ccc32)cc1OC. The molecule has 1 unspecified atom stereocenters. The van der Waals surface area contributed by atoms with Crippen molar-refractivity contribution in [3.63, 3.8) is 0 Å². The number of hydrogen-bond donors (Lipinski definition) is 0. The lowest BCUT2D eigenvalue weighted by Crippen LogP contribution is -2.38. The van der Waals surface area contributed by atoms with Crippen molar-refractivity contribution in [2.24, 2.45) is 5.10 Å². The van der Waals surface area contributed by atoms with E-state index in [1.807, 2.05) is 25.1 Å². The molecule has 2 heterocycles. The summed E-state index contributed by atoms with van der Waals surface area (Å²) in [7, 11) is 7.32. The molecule has 4 rings (SSSR count). The molecule has 0 bridgehead atoms. The van der Waals surface area contributed by atoms with Gasteiger partial charge in [-0.05, 0) is 94.7 Å². The number of hydrazone groups is 1. The number of imide groups is 1. The average Bonchev–Trinajstić information content (AvgIpc) is 3.05. The Kier molecular flexibility index (Phi) is 13.3. The van der Waals surface area contributed by atoms with Crippen LogP contribution in [0.25, 0.3) is 0 Å². The van der Waals surface area contributed by atoms with Crippen LogP contribution >= 0.6 is 11.8 Å². The molecule has 2 aromatic rings. The van der Waals surface area contributed by atoms with Crippen LogP contribution in [0.5, 0.6) is 11.5 Å². The number of methoxy groups -OCH3 is 2. The van der Waals surface area contributed by atoms with Crippen molar-refractivity contribution in [3.05, 3.63) is 53.1 Å². The highest BCUT2D eigenvalue weighted by atomic mass is 32.2. The first-order valence-corrected chi connectivity index (χ1v) is 17.2. The average molecular weight is 653 g/mol. The first-order chi connectivity index (χ1) is 22.2. The standard InChI is InChI=1S/C35H48N4O6S/c1-25-32(36-39(35(42)46-25)34(41)45-22-13-11-9-7-6-8-10-12-20-37(2)3)27-16-18-29-26(23-27)15-14-21-38(29)33(40)28-17-19-30(43-4)31(24-28)44-5/h16-19,23-25H,6-15,20-22H2,1-5H3. The van der Waals surface area contributed by atoms with E-state index in [1.54, 1.807) is 37.3 Å². The minimum Gasteiger partial charge on any atom is -0.493 e. The Morgan fingerprint density at radius 2 is 1.63 bits per heavy atom. The minimum absolute atomic E-state index is 0.122. The van der Waals surface area contributed by atoms with Gasteiger partial charge >= 0.3 is 11.3 Å². The molecule has 250 valence electrons. The lowest BCUT2D eigenvalue weighted by molar-refractivity contribution is 0.0984. The highest BCUT2D eigenvalue weighted by Crippen LogP contribution is 2.34. The van der Waals surface area contributed by atoms with Crippen LogP contribution < -0.4 is 14.4 Å². The molecule has 0 aliphatic carbocycles. The zero-order valence-electron chi connectivity index (χ0n) is 27.9. The molecule has 2 aliphatic rings. The smallest absolute Gasteiger partial charge is 0.438 e. The van der Waals surface area contributed by atoms with Crippen molar-refractivity contribution in [1.29, 1.82) is 0 Å². The Morgan fingerprint density at radius 3 is 2.33 bits per heavy atom. The lowest BCUT2D eigenvalue weighted by Gasteiger charge is -2.31. The van der Waals surface area contributed by atoms with E-state index in [2.05, 4.69) is 24.1 Å². The molecule has 0 saturated carbocycles. The third kappa shape index (κ3) is 9.25. The Bertz CT molecular complexity index is 1400. The molecule has 0 spiro atoms. The predicted molar refractivity (Wildman–Crippen MR) is 184 cm³/mol. The summed E-state index contributed by atoms with van der Waals surface area (Å²) in [6, 6.07) is 11.0. The zero-order valence-corrected chi connectivity index (χ0v) is 28.7. The first kappa shape index (κ1) is 35.3. The van der Waals surface area contributed by atoms with Gasteiger partial charge in [-0.1, -0.05) is 56.4 Å². The summed E-state index contributed by atoms with van der Waals surface area (Å²) in [6.45, 7) is 3.90. The maximum absolute atomic E-state index is 13.6. The first-order valence-electron chi connectivity index (χ1n) is 16.3. The fraction of sp³-hybridized carbons (Fsp3) is 0.543. The van der Waals surface area contributed by atoms with Crippen LogP contribution in [0.3, 0.4) is 0 Å². The number of rotatable bonds is 15. The number of amides is 3. The van der Waals surface area contributed by atoms with Crippen molar-refractivity contribution >= 4 is 40.4 Å². The number of benzene rings is 2. The highest BCUT2D eigenvalue weighted by molar-refractivity contribution is 8.14. The summed E-state index contributed by atoms with van der Waals surface area (Å²) in [6.07, 6.45) is 9.91. The largest absolute Gasteiger partial charge is 0.493 e. The molecule has 10 nitrogen and oxygen atoms in total. The van der Waals surface area contributed by atoms with Crippen molar-refractivity contribution in [2.75, 3.05) is 52.9 Å². The fourth-order valence-corrected chi connectivity index (χ4v) is 6.61. The fourth-order valence-electron chi connectivity index (χ4n) is 5.80. The molecule has 11 heteroatoms. The Morgan fingerprint density at radius 1 is 0.935 bits per heavy atom. The van der Waals surface area contributed by atoms with Gasteiger partial charge in [0, 0.05) is 17.8 Å². The van der Waals surface area contributed by atoms with E-state index in [0.717, 1.165) is 72.2 Å². The van der Waals surface area contributed by atoms with Crippen LogP contribution in [-0.2, 0) is 11.2 Å². The molecule has 0 radical (unpaired) electrons. The summed E-state index contributed by atoms with van der Waals surface area (Å²) in [5, 5.41) is 4.63. The number of nitrogens with zero attached hydrogens (tertiary/aromatic N) is 4. The quantitative estimate of drug-likeness (QED) is 0.184. The van der Waals surface area contributed by atoms with Crippen LogP contribution in [0.1, 0.15) is 86.2 Å². The summed E-state index contributed by atoms with van der Waals surface area (Å²) >= 11 is 1.05. The third-order valence-corrected chi connectivity index (χ3v) is 9.26. The van der Waals surface area contributed by atoms with Crippen molar-refractivity contribution < 1.29 is 28.6 Å². The van der Waals surface area contributed by atoms with Gasteiger partial charge < -0.3 is 24.0 Å². The van der Waals surface area contributed by atoms with Crippen molar-refractivity contribution in [3.8, 4) is 11.5 Å². The van der Waals surface area contributed by atoms with Gasteiger partial charge in [-0.3, -0.25) is 9.59 Å². The topological polar surface area (TPSA) is 101 Å². The summed E-state index contributed by atoms with van der Waals surface area (Å²) in [5.41, 5.74) is 3.79. The molecule has 0 saturated heterocycles. The number of carbonyl (C=O) groups is 3. The molecule has 0 aromatic heterocycles. The number of hydrogen-bond acceptors (Lipinski definition) is 9. The number of carbonyl (C=O) groups excluding carboxylic acids is 3. The summed E-state index contributed by atoms with van der Waals surface area (Å²) in [5.74, 6) is 0.938. The molecule has 3 amide bonds. The van der Waals surface area contributed by atoms with E-state index in [1.165, 1.54) is 32.1 Å². The summed E-state index contributed by atoms with van der Waals surface area (Å²) in [4.78, 5) is 43.1. The predicted octanol–water partition coefficient (Wildman–Crippen LogP) is 7.38. The molecular formula is C35H48N4O6S. The molecule has 46 heavy (non-hydrogen) atoms. The second-order valence-electron chi connectivity index (χ2n) is 12.0. The van der Waals surface area contributed by atoms with Crippen LogP contribution in [0.15, 0.2) is 41.5 Å². The number of unbranched alkanes of at least 4 members (excludes halogenated alkanes) is 7. The highest BCUT2D eigenvalue weighted by Gasteiger charge is 2.34. The van der Waals surface area contributed by atoms with Gasteiger partial charge in [-0.25, -0.2) is 4.79 Å². The van der Waals surface area contributed by atoms with Gasteiger partial charge in [0.05, 0.1) is 31.8 Å². The van der Waals surface area contributed by atoms with E-state index in [4.69, 9.17) is 14.2 Å². The van der Waals surface area contributed by atoms with E-state index in [0.29, 0.717) is 29.3 Å². The number of anilines is 1. The Hall–Kier alpha value is -3.57. The second kappa shape index (κ2) is 17.4. The van der Waals surface area contributed by atoms with Gasteiger partial charge in [0.2, 0.25) is 0 Å². The van der Waals surface area contributed by atoms with Gasteiger partial charge in [0.1, 0.15) is 0 Å². The van der Waals surface area contributed by atoms with Crippen molar-refractivity contribution in [1.82, 2.24) is 9.91 Å². The van der Waals surface area contributed by atoms with Gasteiger partial charge in [0.15, 0.2) is 11.5 Å². The van der Waals surface area contributed by atoms with Crippen LogP contribution in [0.2, 0.25) is 0 Å². The number of ether oxygens (including phenoxy) is 3. The summed E-state index contributed by atoms with van der Waals surface area (Å²) < 4.78 is 16.2. The Labute approximate surface area is 277 Å². The van der Waals surface area contributed by atoms with Crippen LogP contribution in [0, 0.1) is 0 Å². The Balaban J connectivity index is 1.34. The minimum atomic E-state index is -0.743.